The van der Waals surface area contributed by atoms with Crippen LogP contribution in [-0.4, -0.2) is 24.0 Å². The van der Waals surface area contributed by atoms with Gasteiger partial charge in [0.1, 0.15) is 5.56 Å². The highest BCUT2D eigenvalue weighted by molar-refractivity contribution is 5.93. The molecule has 0 fully saturated rings. The molecular weight excluding hydrogens is 314 g/mol. The molecule has 1 atom stereocenters. The molecular formula is C17H20ClN3O2. The lowest BCUT2D eigenvalue weighted by atomic mass is 9.94. The first kappa shape index (κ1) is 17.2. The number of fused-ring (bicyclic) bond motifs is 1. The minimum Gasteiger partial charge on any atom is -0.350 e. The van der Waals surface area contributed by atoms with E-state index in [0.29, 0.717) is 6.54 Å². The zero-order valence-corrected chi connectivity index (χ0v) is 13.7. The van der Waals surface area contributed by atoms with Gasteiger partial charge < -0.3 is 15.6 Å². The van der Waals surface area contributed by atoms with Gasteiger partial charge in [-0.15, -0.1) is 12.4 Å². The van der Waals surface area contributed by atoms with E-state index in [1.165, 1.54) is 11.1 Å². The summed E-state index contributed by atoms with van der Waals surface area (Å²) in [6.07, 6.45) is 0.998. The molecule has 23 heavy (non-hydrogen) atoms. The molecule has 5 nitrogen and oxygen atoms in total. The Balaban J connectivity index is 0.00000192. The first-order chi connectivity index (χ1) is 10.6. The van der Waals surface area contributed by atoms with Gasteiger partial charge in [-0.25, -0.2) is 0 Å². The fourth-order valence-corrected chi connectivity index (χ4v) is 2.82. The summed E-state index contributed by atoms with van der Waals surface area (Å²) in [6.45, 7) is 3.14. The van der Waals surface area contributed by atoms with Crippen LogP contribution in [0.5, 0.6) is 0 Å². The highest BCUT2D eigenvalue weighted by atomic mass is 35.5. The number of carbonyl (C=O) groups is 1. The Morgan fingerprint density at radius 3 is 2.83 bits per heavy atom. The van der Waals surface area contributed by atoms with Crippen molar-refractivity contribution in [3.8, 4) is 0 Å². The second kappa shape index (κ2) is 7.44. The third-order valence-corrected chi connectivity index (χ3v) is 3.98. The van der Waals surface area contributed by atoms with Crippen LogP contribution in [0.25, 0.3) is 0 Å². The summed E-state index contributed by atoms with van der Waals surface area (Å²) in [6, 6.07) is 11.6. The molecule has 0 radical (unpaired) electrons. The number of aromatic amines is 1. The molecule has 2 aromatic rings. The molecule has 0 saturated heterocycles. The molecule has 1 aromatic carbocycles. The lowest BCUT2D eigenvalue weighted by Crippen LogP contribution is -2.40. The molecule has 0 bridgehead atoms. The number of hydrogen-bond donors (Lipinski definition) is 3. The Kier molecular flexibility index (Phi) is 5.58. The number of benzene rings is 1. The van der Waals surface area contributed by atoms with Crippen molar-refractivity contribution in [2.45, 2.75) is 19.4 Å². The number of carbonyl (C=O) groups excluding carboxylic acids is 1. The average Bonchev–Trinajstić information content (AvgIpc) is 2.52. The van der Waals surface area contributed by atoms with Crippen LogP contribution in [0.3, 0.4) is 0 Å². The van der Waals surface area contributed by atoms with Gasteiger partial charge in [-0.05, 0) is 43.1 Å². The summed E-state index contributed by atoms with van der Waals surface area (Å²) >= 11 is 0. The third kappa shape index (κ3) is 3.81. The van der Waals surface area contributed by atoms with Gasteiger partial charge in [-0.1, -0.05) is 24.3 Å². The molecule has 1 amide bonds. The van der Waals surface area contributed by atoms with Crippen LogP contribution in [0.4, 0.5) is 0 Å². The Morgan fingerprint density at radius 2 is 2.04 bits per heavy atom. The van der Waals surface area contributed by atoms with Crippen molar-refractivity contribution in [1.82, 2.24) is 15.6 Å². The van der Waals surface area contributed by atoms with Crippen molar-refractivity contribution in [2.75, 3.05) is 13.1 Å². The molecule has 0 spiro atoms. The first-order valence-corrected chi connectivity index (χ1v) is 7.44. The van der Waals surface area contributed by atoms with Gasteiger partial charge in [0.2, 0.25) is 0 Å². The highest BCUT2D eigenvalue weighted by Crippen LogP contribution is 2.21. The number of aromatic nitrogens is 1. The molecule has 1 aromatic heterocycles. The average molecular weight is 334 g/mol. The van der Waals surface area contributed by atoms with Crippen LogP contribution in [-0.2, 0) is 6.42 Å². The number of hydrogen-bond acceptors (Lipinski definition) is 3. The van der Waals surface area contributed by atoms with Gasteiger partial charge in [0.15, 0.2) is 0 Å². The van der Waals surface area contributed by atoms with Gasteiger partial charge in [0, 0.05) is 18.3 Å². The third-order valence-electron chi connectivity index (χ3n) is 3.98. The number of H-pyrrole nitrogens is 1. The fourth-order valence-electron chi connectivity index (χ4n) is 2.82. The van der Waals surface area contributed by atoms with Crippen LogP contribution in [0.2, 0.25) is 0 Å². The summed E-state index contributed by atoms with van der Waals surface area (Å²) in [5, 5.41) is 6.25. The van der Waals surface area contributed by atoms with Crippen LogP contribution >= 0.6 is 12.4 Å². The van der Waals surface area contributed by atoms with Crippen LogP contribution < -0.4 is 16.2 Å². The van der Waals surface area contributed by atoms with E-state index < -0.39 is 0 Å². The maximum Gasteiger partial charge on any atom is 0.260 e. The first-order valence-electron chi connectivity index (χ1n) is 7.44. The molecule has 1 aliphatic heterocycles. The zero-order chi connectivity index (χ0) is 15.5. The SMILES string of the molecule is Cc1ccc(C(=O)NCC2NCCc3ccccc32)c(=O)[nH]1.Cl. The summed E-state index contributed by atoms with van der Waals surface area (Å²) in [4.78, 5) is 26.6. The van der Waals surface area contributed by atoms with Gasteiger partial charge in [-0.3, -0.25) is 9.59 Å². The number of rotatable bonds is 3. The summed E-state index contributed by atoms with van der Waals surface area (Å²) in [5.74, 6) is -0.342. The van der Waals surface area contributed by atoms with E-state index in [1.807, 2.05) is 12.1 Å². The summed E-state index contributed by atoms with van der Waals surface area (Å²) < 4.78 is 0. The van der Waals surface area contributed by atoms with Crippen molar-refractivity contribution < 1.29 is 4.79 Å². The van der Waals surface area contributed by atoms with E-state index in [2.05, 4.69) is 27.8 Å². The van der Waals surface area contributed by atoms with Crippen molar-refractivity contribution >= 4 is 18.3 Å². The largest absolute Gasteiger partial charge is 0.350 e. The van der Waals surface area contributed by atoms with Crippen molar-refractivity contribution in [1.29, 1.82) is 0 Å². The van der Waals surface area contributed by atoms with E-state index in [9.17, 15) is 9.59 Å². The topological polar surface area (TPSA) is 74.0 Å². The maximum atomic E-state index is 12.2. The number of pyridine rings is 1. The molecule has 2 heterocycles. The number of aryl methyl sites for hydroxylation is 1. The summed E-state index contributed by atoms with van der Waals surface area (Å²) in [7, 11) is 0. The van der Waals surface area contributed by atoms with Gasteiger partial charge in [-0.2, -0.15) is 0 Å². The van der Waals surface area contributed by atoms with Crippen molar-refractivity contribution in [2.24, 2.45) is 0 Å². The standard InChI is InChI=1S/C17H19N3O2.ClH/c1-11-6-7-14(17(22)20-11)16(21)19-10-15-13-5-3-2-4-12(13)8-9-18-15;/h2-7,15,18H,8-10H2,1H3,(H,19,21)(H,20,22);1H. The molecule has 0 aliphatic carbocycles. The van der Waals surface area contributed by atoms with Crippen LogP contribution in [0.1, 0.15) is 33.2 Å². The highest BCUT2D eigenvalue weighted by Gasteiger charge is 2.20. The molecule has 0 saturated carbocycles. The van der Waals surface area contributed by atoms with E-state index in [-0.39, 0.29) is 35.5 Å². The Morgan fingerprint density at radius 1 is 1.26 bits per heavy atom. The minimum absolute atomic E-state index is 0. The lowest BCUT2D eigenvalue weighted by Gasteiger charge is -2.27. The number of halogens is 1. The van der Waals surface area contributed by atoms with Gasteiger partial charge in [0.25, 0.3) is 11.5 Å². The monoisotopic (exact) mass is 333 g/mol. The van der Waals surface area contributed by atoms with E-state index >= 15 is 0 Å². The molecule has 122 valence electrons. The normalized spacial score (nSPS) is 16.1. The lowest BCUT2D eigenvalue weighted by molar-refractivity contribution is 0.0947. The van der Waals surface area contributed by atoms with Gasteiger partial charge in [0.05, 0.1) is 0 Å². The van der Waals surface area contributed by atoms with E-state index in [4.69, 9.17) is 0 Å². The van der Waals surface area contributed by atoms with Gasteiger partial charge >= 0.3 is 0 Å². The van der Waals surface area contributed by atoms with Crippen molar-refractivity contribution in [3.05, 3.63) is 69.1 Å². The quantitative estimate of drug-likeness (QED) is 0.800. The van der Waals surface area contributed by atoms with Crippen LogP contribution in [0.15, 0.2) is 41.2 Å². The van der Waals surface area contributed by atoms with Crippen LogP contribution in [0, 0.1) is 6.92 Å². The second-order valence-electron chi connectivity index (χ2n) is 5.55. The number of nitrogens with one attached hydrogen (secondary N) is 3. The molecule has 3 N–H and O–H groups in total. The summed E-state index contributed by atoms with van der Waals surface area (Å²) in [5.41, 5.74) is 3.06. The maximum absolute atomic E-state index is 12.2. The van der Waals surface area contributed by atoms with E-state index in [1.54, 1.807) is 19.1 Å². The predicted molar refractivity (Wildman–Crippen MR) is 92.3 cm³/mol. The Labute approximate surface area is 140 Å². The number of amides is 1. The Bertz CT molecular complexity index is 757. The minimum atomic E-state index is -0.352. The zero-order valence-electron chi connectivity index (χ0n) is 12.9. The van der Waals surface area contributed by atoms with Crippen molar-refractivity contribution in [3.63, 3.8) is 0 Å². The molecule has 1 aliphatic rings. The molecule has 3 rings (SSSR count). The molecule has 6 heteroatoms. The second-order valence-corrected chi connectivity index (χ2v) is 5.55. The predicted octanol–water partition coefficient (Wildman–Crippen LogP) is 1.72. The fraction of sp³-hybridized carbons (Fsp3) is 0.294. The molecule has 1 unspecified atom stereocenters. The smallest absolute Gasteiger partial charge is 0.260 e. The van der Waals surface area contributed by atoms with E-state index in [0.717, 1.165) is 18.7 Å². The Hall–Kier alpha value is -2.11.